The molecule has 2 aliphatic rings. The second-order valence-corrected chi connectivity index (χ2v) is 11.7. The van der Waals surface area contributed by atoms with Gasteiger partial charge in [0.25, 0.3) is 11.8 Å². The molecule has 1 unspecified atom stereocenters. The molecule has 0 aliphatic carbocycles. The molecule has 4 rings (SSSR count). The number of piperazine rings is 1. The Hall–Kier alpha value is -2.79. The van der Waals surface area contributed by atoms with Crippen molar-refractivity contribution in [3.8, 4) is 0 Å². The molecule has 2 amide bonds. The summed E-state index contributed by atoms with van der Waals surface area (Å²) >= 11 is 0. The fourth-order valence-electron chi connectivity index (χ4n) is 5.19. The van der Waals surface area contributed by atoms with Crippen LogP contribution in [0.1, 0.15) is 77.6 Å². The minimum atomic E-state index is -1.12. The molecule has 0 saturated carbocycles. The lowest BCUT2D eigenvalue weighted by Crippen LogP contribution is -2.47. The van der Waals surface area contributed by atoms with E-state index in [-0.39, 0.29) is 23.8 Å². The molecule has 0 radical (unpaired) electrons. The van der Waals surface area contributed by atoms with Crippen molar-refractivity contribution in [2.75, 3.05) is 59.6 Å². The normalized spacial score (nSPS) is 18.5. The SMILES string of the molecule is CCc1nn(CC(C)(C)COC(O)c2ccc(C(=O)N3CCN(C)CC3)cc2)c2c1C(=O)NCCCOCCC2. The number of amides is 2. The molecule has 1 aromatic heterocycles. The number of aliphatic hydroxyl groups excluding tert-OH is 1. The number of ether oxygens (including phenoxy) is 2. The lowest BCUT2D eigenvalue weighted by molar-refractivity contribution is -0.127. The largest absolute Gasteiger partial charge is 0.381 e. The summed E-state index contributed by atoms with van der Waals surface area (Å²) in [7, 11) is 2.06. The average molecular weight is 556 g/mol. The molecule has 1 atom stereocenters. The Morgan fingerprint density at radius 1 is 1.15 bits per heavy atom. The molecular formula is C30H45N5O5. The van der Waals surface area contributed by atoms with Crippen LogP contribution in [0.3, 0.4) is 0 Å². The van der Waals surface area contributed by atoms with E-state index in [4.69, 9.17) is 14.6 Å². The van der Waals surface area contributed by atoms with E-state index in [0.717, 1.165) is 50.4 Å². The number of benzene rings is 1. The quantitative estimate of drug-likeness (QED) is 0.482. The van der Waals surface area contributed by atoms with Crippen LogP contribution in [0.15, 0.2) is 24.3 Å². The zero-order valence-corrected chi connectivity index (χ0v) is 24.4. The highest BCUT2D eigenvalue weighted by Gasteiger charge is 2.28. The Labute approximate surface area is 237 Å². The van der Waals surface area contributed by atoms with Crippen molar-refractivity contribution in [1.82, 2.24) is 24.9 Å². The predicted octanol–water partition coefficient (Wildman–Crippen LogP) is 2.65. The predicted molar refractivity (Wildman–Crippen MR) is 152 cm³/mol. The van der Waals surface area contributed by atoms with E-state index >= 15 is 0 Å². The first kappa shape index (κ1) is 30.2. The van der Waals surface area contributed by atoms with Crippen LogP contribution >= 0.6 is 0 Å². The van der Waals surface area contributed by atoms with Crippen molar-refractivity contribution in [3.05, 3.63) is 52.3 Å². The number of aryl methyl sites for hydroxylation is 1. The van der Waals surface area contributed by atoms with E-state index in [1.54, 1.807) is 24.3 Å². The van der Waals surface area contributed by atoms with Crippen molar-refractivity contribution >= 4 is 11.8 Å². The number of carbonyl (C=O) groups excluding carboxylic acids is 2. The summed E-state index contributed by atoms with van der Waals surface area (Å²) in [6.45, 7) is 12.0. The number of nitrogens with zero attached hydrogens (tertiary/aromatic N) is 4. The fourth-order valence-corrected chi connectivity index (χ4v) is 5.19. The van der Waals surface area contributed by atoms with Gasteiger partial charge in [0.1, 0.15) is 0 Å². The van der Waals surface area contributed by atoms with Gasteiger partial charge < -0.3 is 29.7 Å². The molecule has 2 aliphatic heterocycles. The van der Waals surface area contributed by atoms with Gasteiger partial charge in [-0.3, -0.25) is 14.3 Å². The number of hydrogen-bond donors (Lipinski definition) is 2. The van der Waals surface area contributed by atoms with Gasteiger partial charge in [-0.15, -0.1) is 0 Å². The van der Waals surface area contributed by atoms with Crippen molar-refractivity contribution in [2.24, 2.45) is 5.41 Å². The third-order valence-electron chi connectivity index (χ3n) is 7.59. The number of aromatic nitrogens is 2. The van der Waals surface area contributed by atoms with Crippen LogP contribution in [-0.4, -0.2) is 96.1 Å². The lowest BCUT2D eigenvalue weighted by Gasteiger charge is -2.32. The van der Waals surface area contributed by atoms with Gasteiger partial charge in [0.05, 0.1) is 23.6 Å². The third kappa shape index (κ3) is 7.69. The second kappa shape index (κ2) is 13.7. The molecule has 2 N–H and O–H groups in total. The topological polar surface area (TPSA) is 109 Å². The molecule has 1 saturated heterocycles. The number of carbonyl (C=O) groups is 2. The molecule has 0 spiro atoms. The van der Waals surface area contributed by atoms with Gasteiger partial charge in [-0.2, -0.15) is 5.10 Å². The van der Waals surface area contributed by atoms with E-state index < -0.39 is 6.29 Å². The summed E-state index contributed by atoms with van der Waals surface area (Å²) in [5.74, 6) is -0.0575. The summed E-state index contributed by atoms with van der Waals surface area (Å²) in [5, 5.41) is 18.6. The van der Waals surface area contributed by atoms with E-state index in [1.807, 2.05) is 16.5 Å². The maximum Gasteiger partial charge on any atom is 0.255 e. The Morgan fingerprint density at radius 2 is 1.85 bits per heavy atom. The Morgan fingerprint density at radius 3 is 2.55 bits per heavy atom. The zero-order chi connectivity index (χ0) is 28.7. The summed E-state index contributed by atoms with van der Waals surface area (Å²) < 4.78 is 13.5. The van der Waals surface area contributed by atoms with Crippen LogP contribution < -0.4 is 5.32 Å². The Kier molecular flexibility index (Phi) is 10.3. The number of likely N-dealkylation sites (N-methyl/N-ethyl adjacent to an activating group) is 1. The minimum Gasteiger partial charge on any atom is -0.381 e. The number of fused-ring (bicyclic) bond motifs is 1. The van der Waals surface area contributed by atoms with Gasteiger partial charge in [-0.05, 0) is 44.9 Å². The highest BCUT2D eigenvalue weighted by molar-refractivity contribution is 5.96. The lowest BCUT2D eigenvalue weighted by atomic mass is 9.94. The summed E-state index contributed by atoms with van der Waals surface area (Å²) in [6, 6.07) is 7.01. The van der Waals surface area contributed by atoms with E-state index in [1.165, 1.54) is 0 Å². The maximum atomic E-state index is 13.0. The zero-order valence-electron chi connectivity index (χ0n) is 24.4. The number of rotatable bonds is 8. The van der Waals surface area contributed by atoms with Crippen LogP contribution in [-0.2, 0) is 28.9 Å². The van der Waals surface area contributed by atoms with Gasteiger partial charge in [-0.25, -0.2) is 0 Å². The highest BCUT2D eigenvalue weighted by Crippen LogP contribution is 2.27. The van der Waals surface area contributed by atoms with Gasteiger partial charge >= 0.3 is 0 Å². The minimum absolute atomic E-state index is 0.0129. The van der Waals surface area contributed by atoms with E-state index in [2.05, 4.69) is 31.1 Å². The molecule has 1 aromatic carbocycles. The summed E-state index contributed by atoms with van der Waals surface area (Å²) in [6.07, 6.45) is 1.86. The van der Waals surface area contributed by atoms with Gasteiger partial charge in [0.15, 0.2) is 6.29 Å². The van der Waals surface area contributed by atoms with E-state index in [9.17, 15) is 14.7 Å². The molecule has 10 nitrogen and oxygen atoms in total. The van der Waals surface area contributed by atoms with Crippen LogP contribution in [0.2, 0.25) is 0 Å². The summed E-state index contributed by atoms with van der Waals surface area (Å²) in [5.41, 5.74) is 3.25. The second-order valence-electron chi connectivity index (χ2n) is 11.7. The molecule has 0 bridgehead atoms. The number of hydrogen-bond acceptors (Lipinski definition) is 7. The maximum absolute atomic E-state index is 13.0. The van der Waals surface area contributed by atoms with Crippen molar-refractivity contribution < 1.29 is 24.2 Å². The van der Waals surface area contributed by atoms with Crippen molar-refractivity contribution in [3.63, 3.8) is 0 Å². The van der Waals surface area contributed by atoms with Crippen molar-refractivity contribution in [1.29, 1.82) is 0 Å². The smallest absolute Gasteiger partial charge is 0.255 e. The highest BCUT2D eigenvalue weighted by atomic mass is 16.6. The molecule has 3 heterocycles. The molecule has 40 heavy (non-hydrogen) atoms. The Bertz CT molecular complexity index is 1140. The standard InChI is InChI=1S/C30H45N5O5/c1-5-24-26-25(8-6-18-39-19-7-13-31-27(26)36)35(32-24)20-30(2,3)21-40-29(38)23-11-9-22(10-12-23)28(37)34-16-14-33(4)15-17-34/h9-12,29,38H,5-8,13-21H2,1-4H3,(H,31,36). The van der Waals surface area contributed by atoms with Gasteiger partial charge in [0.2, 0.25) is 0 Å². The first-order valence-electron chi connectivity index (χ1n) is 14.5. The first-order valence-corrected chi connectivity index (χ1v) is 14.5. The Balaban J connectivity index is 1.39. The van der Waals surface area contributed by atoms with Crippen LogP contribution in [0.4, 0.5) is 0 Å². The molecule has 10 heteroatoms. The van der Waals surface area contributed by atoms with Gasteiger partial charge in [-0.1, -0.05) is 32.9 Å². The molecule has 1 fully saturated rings. The van der Waals surface area contributed by atoms with Crippen LogP contribution in [0.5, 0.6) is 0 Å². The molecule has 2 aromatic rings. The molecule has 220 valence electrons. The van der Waals surface area contributed by atoms with Crippen molar-refractivity contribution in [2.45, 2.75) is 59.3 Å². The van der Waals surface area contributed by atoms with Gasteiger partial charge in [0, 0.05) is 69.0 Å². The fraction of sp³-hybridized carbons (Fsp3) is 0.633. The average Bonchev–Trinajstić information content (AvgIpc) is 3.27. The van der Waals surface area contributed by atoms with E-state index in [0.29, 0.717) is 55.8 Å². The van der Waals surface area contributed by atoms with Crippen LogP contribution in [0, 0.1) is 5.41 Å². The summed E-state index contributed by atoms with van der Waals surface area (Å²) in [4.78, 5) is 30.0. The number of aliphatic hydroxyl groups is 1. The van der Waals surface area contributed by atoms with Crippen LogP contribution in [0.25, 0.3) is 0 Å². The molecular weight excluding hydrogens is 510 g/mol. The first-order chi connectivity index (χ1) is 19.2. The number of nitrogens with one attached hydrogen (secondary N) is 1. The monoisotopic (exact) mass is 555 g/mol. The third-order valence-corrected chi connectivity index (χ3v) is 7.59.